The number of nitrogens with zero attached hydrogens (tertiary/aromatic N) is 1. The van der Waals surface area contributed by atoms with Gasteiger partial charge in [0.15, 0.2) is 5.13 Å². The van der Waals surface area contributed by atoms with E-state index < -0.39 is 11.2 Å². The van der Waals surface area contributed by atoms with Crippen LogP contribution in [-0.4, -0.2) is 27.9 Å². The van der Waals surface area contributed by atoms with Crippen molar-refractivity contribution < 1.29 is 19.5 Å². The Morgan fingerprint density at radius 2 is 1.73 bits per heavy atom. The van der Waals surface area contributed by atoms with Crippen molar-refractivity contribution >= 4 is 51.7 Å². The van der Waals surface area contributed by atoms with Gasteiger partial charge in [0.1, 0.15) is 5.25 Å². The summed E-state index contributed by atoms with van der Waals surface area (Å²) < 4.78 is 0. The Morgan fingerprint density at radius 3 is 2.37 bits per heavy atom. The van der Waals surface area contributed by atoms with Crippen LogP contribution in [0.2, 0.25) is 0 Å². The summed E-state index contributed by atoms with van der Waals surface area (Å²) in [4.78, 5) is 40.2. The average molecular weight is 442 g/mol. The molecule has 0 aliphatic heterocycles. The van der Waals surface area contributed by atoms with E-state index in [-0.39, 0.29) is 24.7 Å². The Balaban J connectivity index is 1.69. The maximum atomic E-state index is 12.9. The summed E-state index contributed by atoms with van der Waals surface area (Å²) in [6.07, 6.45) is 1.33. The average Bonchev–Trinajstić information content (AvgIpc) is 3.25. The second-order valence-electron chi connectivity index (χ2n) is 6.20. The number of amides is 2. The predicted molar refractivity (Wildman–Crippen MR) is 118 cm³/mol. The quantitative estimate of drug-likeness (QED) is 0.424. The normalized spacial score (nSPS) is 11.5. The fraction of sp³-hybridized carbons (Fsp3) is 0.143. The smallest absolute Gasteiger partial charge is 0.303 e. The van der Waals surface area contributed by atoms with Crippen LogP contribution in [0.4, 0.5) is 10.8 Å². The van der Waals surface area contributed by atoms with Crippen LogP contribution in [0.5, 0.6) is 0 Å². The molecule has 1 heterocycles. The topological polar surface area (TPSA) is 108 Å². The van der Waals surface area contributed by atoms with Crippen molar-refractivity contribution in [1.82, 2.24) is 4.98 Å². The lowest BCUT2D eigenvalue weighted by molar-refractivity contribution is -0.138. The van der Waals surface area contributed by atoms with Crippen molar-refractivity contribution in [3.63, 3.8) is 0 Å². The fourth-order valence-corrected chi connectivity index (χ4v) is 4.11. The minimum atomic E-state index is -1.01. The molecule has 7 nitrogen and oxygen atoms in total. The van der Waals surface area contributed by atoms with Gasteiger partial charge in [0.05, 0.1) is 6.42 Å². The van der Waals surface area contributed by atoms with Crippen molar-refractivity contribution in [2.24, 2.45) is 0 Å². The SMILES string of the molecule is O=C(O)CCC(=O)Nc1ccc(SC(C(=O)Nc2nccs2)c2ccccc2)cc1. The number of thiazole rings is 1. The number of aromatic nitrogens is 1. The Kier molecular flexibility index (Phi) is 7.58. The van der Waals surface area contributed by atoms with Crippen molar-refractivity contribution in [3.8, 4) is 0 Å². The number of anilines is 2. The maximum absolute atomic E-state index is 12.9. The lowest BCUT2D eigenvalue weighted by Gasteiger charge is -2.16. The van der Waals surface area contributed by atoms with Gasteiger partial charge in [0.2, 0.25) is 11.8 Å². The third-order valence-corrected chi connectivity index (χ3v) is 5.92. The van der Waals surface area contributed by atoms with E-state index in [1.165, 1.54) is 23.1 Å². The molecular weight excluding hydrogens is 422 g/mol. The van der Waals surface area contributed by atoms with E-state index in [1.807, 2.05) is 42.5 Å². The molecule has 0 spiro atoms. The molecule has 3 N–H and O–H groups in total. The zero-order valence-electron chi connectivity index (χ0n) is 15.8. The number of benzene rings is 2. The monoisotopic (exact) mass is 441 g/mol. The molecule has 154 valence electrons. The van der Waals surface area contributed by atoms with Crippen LogP contribution in [0.1, 0.15) is 23.7 Å². The number of carboxylic acids is 1. The minimum Gasteiger partial charge on any atom is -0.481 e. The number of hydrogen-bond donors (Lipinski definition) is 3. The van der Waals surface area contributed by atoms with Crippen LogP contribution in [0, 0.1) is 0 Å². The summed E-state index contributed by atoms with van der Waals surface area (Å²) in [5.41, 5.74) is 1.43. The highest BCUT2D eigenvalue weighted by molar-refractivity contribution is 8.00. The van der Waals surface area contributed by atoms with Gasteiger partial charge in [-0.1, -0.05) is 30.3 Å². The van der Waals surface area contributed by atoms with E-state index in [0.29, 0.717) is 10.8 Å². The zero-order valence-corrected chi connectivity index (χ0v) is 17.4. The molecule has 0 saturated heterocycles. The number of carbonyl (C=O) groups excluding carboxylic acids is 2. The molecule has 3 aromatic rings. The highest BCUT2D eigenvalue weighted by atomic mass is 32.2. The lowest BCUT2D eigenvalue weighted by atomic mass is 10.1. The van der Waals surface area contributed by atoms with Gasteiger partial charge < -0.3 is 15.7 Å². The van der Waals surface area contributed by atoms with Crippen LogP contribution in [0.3, 0.4) is 0 Å². The van der Waals surface area contributed by atoms with Gasteiger partial charge in [-0.15, -0.1) is 23.1 Å². The molecule has 1 atom stereocenters. The molecule has 0 aliphatic rings. The number of nitrogens with one attached hydrogen (secondary N) is 2. The number of carboxylic acid groups (broad SMARTS) is 1. The van der Waals surface area contributed by atoms with Gasteiger partial charge in [-0.2, -0.15) is 0 Å². The number of thioether (sulfide) groups is 1. The third kappa shape index (κ3) is 6.43. The third-order valence-electron chi connectivity index (χ3n) is 3.96. The van der Waals surface area contributed by atoms with Gasteiger partial charge in [0, 0.05) is 28.6 Å². The van der Waals surface area contributed by atoms with E-state index in [0.717, 1.165) is 10.5 Å². The Morgan fingerprint density at radius 1 is 1.00 bits per heavy atom. The first kappa shape index (κ1) is 21.5. The molecule has 0 bridgehead atoms. The standard InChI is InChI=1S/C21H19N3O4S2/c25-17(10-11-18(26)27)23-15-6-8-16(9-7-15)30-19(14-4-2-1-3-5-14)20(28)24-21-22-12-13-29-21/h1-9,12-13,19H,10-11H2,(H,23,25)(H,26,27)(H,22,24,28). The Hall–Kier alpha value is -3.17. The summed E-state index contributed by atoms with van der Waals surface area (Å²) in [6, 6.07) is 16.5. The Bertz CT molecular complexity index is 993. The molecule has 3 rings (SSSR count). The van der Waals surface area contributed by atoms with E-state index >= 15 is 0 Å². The van der Waals surface area contributed by atoms with Crippen LogP contribution in [-0.2, 0) is 14.4 Å². The summed E-state index contributed by atoms with van der Waals surface area (Å²) >= 11 is 2.74. The second-order valence-corrected chi connectivity index (χ2v) is 8.27. The first-order valence-corrected chi connectivity index (χ1v) is 10.8. The molecule has 9 heteroatoms. The second kappa shape index (κ2) is 10.6. The minimum absolute atomic E-state index is 0.0845. The maximum Gasteiger partial charge on any atom is 0.303 e. The largest absolute Gasteiger partial charge is 0.481 e. The number of rotatable bonds is 9. The molecular formula is C21H19N3O4S2. The summed E-state index contributed by atoms with van der Waals surface area (Å²) in [5, 5.41) is 16.0. The van der Waals surface area contributed by atoms with Gasteiger partial charge in [0.25, 0.3) is 0 Å². The molecule has 1 aromatic heterocycles. The van der Waals surface area contributed by atoms with Crippen molar-refractivity contribution in [3.05, 3.63) is 71.7 Å². The van der Waals surface area contributed by atoms with Crippen LogP contribution >= 0.6 is 23.1 Å². The highest BCUT2D eigenvalue weighted by Gasteiger charge is 2.22. The fourth-order valence-electron chi connectivity index (χ4n) is 2.55. The number of aliphatic carboxylic acids is 1. The summed E-state index contributed by atoms with van der Waals surface area (Å²) in [6.45, 7) is 0. The van der Waals surface area contributed by atoms with E-state index in [1.54, 1.807) is 23.7 Å². The van der Waals surface area contributed by atoms with Gasteiger partial charge in [-0.3, -0.25) is 14.4 Å². The van der Waals surface area contributed by atoms with E-state index in [2.05, 4.69) is 15.6 Å². The summed E-state index contributed by atoms with van der Waals surface area (Å²) in [7, 11) is 0. The molecule has 0 aliphatic carbocycles. The van der Waals surface area contributed by atoms with Crippen LogP contribution < -0.4 is 10.6 Å². The molecule has 2 aromatic carbocycles. The van der Waals surface area contributed by atoms with E-state index in [9.17, 15) is 14.4 Å². The van der Waals surface area contributed by atoms with Gasteiger partial charge >= 0.3 is 5.97 Å². The van der Waals surface area contributed by atoms with Crippen molar-refractivity contribution in [2.75, 3.05) is 10.6 Å². The molecule has 0 saturated carbocycles. The molecule has 1 unspecified atom stereocenters. The number of carbonyl (C=O) groups is 3. The lowest BCUT2D eigenvalue weighted by Crippen LogP contribution is -2.18. The van der Waals surface area contributed by atoms with Crippen molar-refractivity contribution in [1.29, 1.82) is 0 Å². The summed E-state index contributed by atoms with van der Waals surface area (Å²) in [5.74, 6) is -1.55. The first-order chi connectivity index (χ1) is 14.5. The van der Waals surface area contributed by atoms with Crippen LogP contribution in [0.15, 0.2) is 71.1 Å². The molecule has 0 fully saturated rings. The Labute approximate surface area is 181 Å². The molecule has 0 radical (unpaired) electrons. The first-order valence-electron chi connectivity index (χ1n) is 9.05. The van der Waals surface area contributed by atoms with Crippen molar-refractivity contribution in [2.45, 2.75) is 23.0 Å². The van der Waals surface area contributed by atoms with Gasteiger partial charge in [-0.25, -0.2) is 4.98 Å². The predicted octanol–water partition coefficient (Wildman–Crippen LogP) is 4.42. The highest BCUT2D eigenvalue weighted by Crippen LogP contribution is 2.36. The molecule has 30 heavy (non-hydrogen) atoms. The molecule has 2 amide bonds. The van der Waals surface area contributed by atoms with E-state index in [4.69, 9.17) is 5.11 Å². The zero-order chi connectivity index (χ0) is 21.3. The number of hydrogen-bond acceptors (Lipinski definition) is 6. The van der Waals surface area contributed by atoms with Crippen LogP contribution in [0.25, 0.3) is 0 Å². The van der Waals surface area contributed by atoms with Gasteiger partial charge in [-0.05, 0) is 29.8 Å².